The van der Waals surface area contributed by atoms with Gasteiger partial charge in [-0.15, -0.1) is 0 Å². The molecule has 2 atom stereocenters. The molecule has 0 aliphatic heterocycles. The van der Waals surface area contributed by atoms with Crippen molar-refractivity contribution in [2.24, 2.45) is 5.92 Å². The lowest BCUT2D eigenvalue weighted by Crippen LogP contribution is -2.38. The fourth-order valence-electron chi connectivity index (χ4n) is 1.94. The lowest BCUT2D eigenvalue weighted by atomic mass is 10.2. The molecule has 0 saturated carbocycles. The van der Waals surface area contributed by atoms with Gasteiger partial charge < -0.3 is 29.0 Å². The van der Waals surface area contributed by atoms with Gasteiger partial charge in [0.25, 0.3) is 0 Å². The monoisotopic (exact) mass is 442 g/mol. The number of carbonyl (C=O) groups excluding carboxylic acids is 1. The van der Waals surface area contributed by atoms with Crippen LogP contribution in [0.4, 0.5) is 4.39 Å². The maximum absolute atomic E-state index is 13.9. The highest BCUT2D eigenvalue weighted by atomic mass is 32.2. The van der Waals surface area contributed by atoms with Crippen LogP contribution in [0.5, 0.6) is 0 Å². The van der Waals surface area contributed by atoms with E-state index < -0.39 is 12.3 Å². The molecule has 0 aliphatic carbocycles. The van der Waals surface area contributed by atoms with E-state index in [9.17, 15) is 9.18 Å². The van der Waals surface area contributed by atoms with Gasteiger partial charge in [-0.05, 0) is 13.2 Å². The minimum Gasteiger partial charge on any atom is -0.378 e. The first-order valence-corrected chi connectivity index (χ1v) is 11.3. The molecule has 2 N–H and O–H groups in total. The molecule has 0 saturated heterocycles. The van der Waals surface area contributed by atoms with Crippen LogP contribution in [-0.2, 0) is 28.5 Å². The van der Waals surface area contributed by atoms with Crippen molar-refractivity contribution >= 4 is 17.9 Å². The van der Waals surface area contributed by atoms with Crippen molar-refractivity contribution in [2.45, 2.75) is 33.0 Å². The number of halogens is 1. The molecule has 0 spiro atoms. The summed E-state index contributed by atoms with van der Waals surface area (Å²) >= 11 is 1.57. The Morgan fingerprint density at radius 3 is 1.83 bits per heavy atom. The fraction of sp³-hybridized carbons (Fsp3) is 0.947. The van der Waals surface area contributed by atoms with Crippen LogP contribution in [0, 0.1) is 5.92 Å². The van der Waals surface area contributed by atoms with Crippen LogP contribution in [0.15, 0.2) is 0 Å². The molecule has 10 heteroatoms. The molecule has 0 bridgehead atoms. The Balaban J connectivity index is 3.31. The van der Waals surface area contributed by atoms with Crippen molar-refractivity contribution in [2.75, 3.05) is 78.8 Å². The molecule has 0 heterocycles. The summed E-state index contributed by atoms with van der Waals surface area (Å²) in [6.45, 7) is 10.3. The third-order valence-corrected chi connectivity index (χ3v) is 4.22. The van der Waals surface area contributed by atoms with Crippen LogP contribution in [0.1, 0.15) is 20.8 Å². The number of amides is 1. The molecule has 0 aromatic rings. The van der Waals surface area contributed by atoms with E-state index in [-0.39, 0.29) is 25.0 Å². The average molecular weight is 443 g/mol. The minimum absolute atomic E-state index is 0.0453. The molecular weight excluding hydrogens is 403 g/mol. The lowest BCUT2D eigenvalue weighted by molar-refractivity contribution is -0.124. The summed E-state index contributed by atoms with van der Waals surface area (Å²) in [6.07, 6.45) is 0.117. The van der Waals surface area contributed by atoms with Crippen LogP contribution >= 0.6 is 11.9 Å². The second kappa shape index (κ2) is 20.8. The number of ether oxygens (including phenoxy) is 5. The van der Waals surface area contributed by atoms with Crippen LogP contribution in [0.2, 0.25) is 0 Å². The van der Waals surface area contributed by atoms with Crippen LogP contribution in [0.25, 0.3) is 0 Å². The third kappa shape index (κ3) is 19.2. The van der Waals surface area contributed by atoms with Crippen molar-refractivity contribution in [1.29, 1.82) is 0 Å². The molecule has 1 amide bonds. The largest absolute Gasteiger partial charge is 0.378 e. The van der Waals surface area contributed by atoms with Gasteiger partial charge in [-0.1, -0.05) is 25.8 Å². The van der Waals surface area contributed by atoms with Gasteiger partial charge in [0, 0.05) is 12.5 Å². The zero-order valence-electron chi connectivity index (χ0n) is 18.2. The predicted octanol–water partition coefficient (Wildman–Crippen LogP) is 1.44. The standard InChI is InChI=1S/C19H39FN2O6S/c1-16(2)19(23)21-15-18(20)17(3)28-14-13-27-12-11-26-10-9-25-8-7-24-6-5-22-29-4/h16-18,22H,5-15H2,1-4H3,(H,21,23). The Morgan fingerprint density at radius 1 is 0.862 bits per heavy atom. The van der Waals surface area contributed by atoms with E-state index in [4.69, 9.17) is 23.7 Å². The number of rotatable bonds is 21. The lowest BCUT2D eigenvalue weighted by Gasteiger charge is -2.18. The molecule has 0 aromatic heterocycles. The first-order chi connectivity index (χ1) is 14.0. The van der Waals surface area contributed by atoms with Gasteiger partial charge in [0.2, 0.25) is 5.91 Å². The third-order valence-electron chi connectivity index (χ3n) is 3.72. The van der Waals surface area contributed by atoms with Crippen LogP contribution in [-0.4, -0.2) is 97.0 Å². The molecule has 0 rings (SSSR count). The second-order valence-electron chi connectivity index (χ2n) is 6.54. The summed E-state index contributed by atoms with van der Waals surface area (Å²) < 4.78 is 43.9. The van der Waals surface area contributed by atoms with Crippen LogP contribution < -0.4 is 10.0 Å². The molecule has 0 aliphatic rings. The van der Waals surface area contributed by atoms with E-state index in [0.717, 1.165) is 6.54 Å². The highest BCUT2D eigenvalue weighted by Gasteiger charge is 2.18. The zero-order chi connectivity index (χ0) is 21.7. The molecular formula is C19H39FN2O6S. The summed E-state index contributed by atoms with van der Waals surface area (Å²) in [4.78, 5) is 11.4. The van der Waals surface area contributed by atoms with E-state index in [1.54, 1.807) is 32.7 Å². The predicted molar refractivity (Wildman–Crippen MR) is 113 cm³/mol. The van der Waals surface area contributed by atoms with Crippen molar-refractivity contribution < 1.29 is 32.9 Å². The normalized spacial score (nSPS) is 13.6. The maximum atomic E-state index is 13.9. The summed E-state index contributed by atoms with van der Waals surface area (Å²) in [5, 5.41) is 2.56. The first kappa shape index (κ1) is 28.5. The highest BCUT2D eigenvalue weighted by molar-refractivity contribution is 7.96. The smallest absolute Gasteiger partial charge is 0.222 e. The van der Waals surface area contributed by atoms with Gasteiger partial charge >= 0.3 is 0 Å². The number of nitrogens with one attached hydrogen (secondary N) is 2. The maximum Gasteiger partial charge on any atom is 0.222 e. The Kier molecular flexibility index (Phi) is 20.4. The molecule has 29 heavy (non-hydrogen) atoms. The topological polar surface area (TPSA) is 87.3 Å². The van der Waals surface area contributed by atoms with E-state index >= 15 is 0 Å². The van der Waals surface area contributed by atoms with Gasteiger partial charge in [0.1, 0.15) is 6.17 Å². The highest BCUT2D eigenvalue weighted by Crippen LogP contribution is 2.03. The molecule has 0 aromatic carbocycles. The Bertz CT molecular complexity index is 383. The van der Waals surface area contributed by atoms with Crippen molar-refractivity contribution in [3.8, 4) is 0 Å². The average Bonchev–Trinajstić information content (AvgIpc) is 2.71. The molecule has 0 fully saturated rings. The zero-order valence-corrected chi connectivity index (χ0v) is 19.1. The summed E-state index contributed by atoms with van der Waals surface area (Å²) in [6, 6.07) is 0. The van der Waals surface area contributed by atoms with E-state index in [0.29, 0.717) is 52.9 Å². The minimum atomic E-state index is -1.25. The summed E-state index contributed by atoms with van der Waals surface area (Å²) in [5.74, 6) is -0.326. The van der Waals surface area contributed by atoms with Gasteiger partial charge in [-0.3, -0.25) is 9.52 Å². The Hall–Kier alpha value is -0.490. The molecule has 0 radical (unpaired) electrons. The van der Waals surface area contributed by atoms with E-state index in [2.05, 4.69) is 10.0 Å². The van der Waals surface area contributed by atoms with Crippen LogP contribution in [0.3, 0.4) is 0 Å². The Labute approximate surface area is 179 Å². The number of hydrogen-bond acceptors (Lipinski definition) is 8. The van der Waals surface area contributed by atoms with Crippen molar-refractivity contribution in [3.05, 3.63) is 0 Å². The van der Waals surface area contributed by atoms with Gasteiger partial charge in [0.05, 0.1) is 72.1 Å². The second-order valence-corrected chi connectivity index (χ2v) is 7.24. The van der Waals surface area contributed by atoms with Crippen molar-refractivity contribution in [1.82, 2.24) is 10.0 Å². The van der Waals surface area contributed by atoms with Gasteiger partial charge in [-0.25, -0.2) is 4.39 Å². The first-order valence-electron chi connectivity index (χ1n) is 10.1. The SMILES string of the molecule is CSNCCOCCOCCOCCOCCOC(C)C(F)CNC(=O)C(C)C. The number of carbonyl (C=O) groups is 1. The Morgan fingerprint density at radius 2 is 1.34 bits per heavy atom. The fourth-order valence-corrected chi connectivity index (χ4v) is 2.23. The quantitative estimate of drug-likeness (QED) is 0.204. The molecule has 8 nitrogen and oxygen atoms in total. The molecule has 174 valence electrons. The van der Waals surface area contributed by atoms with Gasteiger partial charge in [-0.2, -0.15) is 0 Å². The van der Waals surface area contributed by atoms with E-state index in [1.165, 1.54) is 0 Å². The van der Waals surface area contributed by atoms with Crippen molar-refractivity contribution in [3.63, 3.8) is 0 Å². The summed E-state index contributed by atoms with van der Waals surface area (Å²) in [5.41, 5.74) is 0. The summed E-state index contributed by atoms with van der Waals surface area (Å²) in [7, 11) is 0. The van der Waals surface area contributed by atoms with Gasteiger partial charge in [0.15, 0.2) is 0 Å². The van der Waals surface area contributed by atoms with E-state index in [1.807, 2.05) is 6.26 Å². The number of alkyl halides is 1. The number of hydrogen-bond donors (Lipinski definition) is 2. The molecule has 2 unspecified atom stereocenters.